The molecule has 0 spiro atoms. The van der Waals surface area contributed by atoms with Crippen LogP contribution in [0, 0.1) is 0 Å². The summed E-state index contributed by atoms with van der Waals surface area (Å²) < 4.78 is 40.3. The molecule has 0 aliphatic rings. The molecule has 0 fully saturated rings. The van der Waals surface area contributed by atoms with Crippen LogP contribution in [0.4, 0.5) is 18.0 Å². The Morgan fingerprint density at radius 1 is 1.50 bits per heavy atom. The quantitative estimate of drug-likeness (QED) is 0.918. The number of hydrogen-bond donors (Lipinski definition) is 1. The lowest BCUT2D eigenvalue weighted by atomic mass is 10.1. The van der Waals surface area contributed by atoms with Crippen molar-refractivity contribution in [3.05, 3.63) is 34.3 Å². The standard InChI is InChI=1S/C11H11BrF3NO2/c1-7(8-3-2-4-9(12)5-8)16-10(17)18-6-11(13,14)15/h2-5,7H,6H2,1H3,(H,16,17)/t7-/m1/s1. The highest BCUT2D eigenvalue weighted by Crippen LogP contribution is 2.18. The molecular weight excluding hydrogens is 315 g/mol. The first-order chi connectivity index (χ1) is 8.28. The van der Waals surface area contributed by atoms with Gasteiger partial charge in [0.15, 0.2) is 6.61 Å². The van der Waals surface area contributed by atoms with Crippen LogP contribution < -0.4 is 5.32 Å². The second-order valence-corrected chi connectivity index (χ2v) is 4.53. The first-order valence-corrected chi connectivity index (χ1v) is 5.83. The van der Waals surface area contributed by atoms with Crippen molar-refractivity contribution >= 4 is 22.0 Å². The molecule has 1 aromatic carbocycles. The zero-order chi connectivity index (χ0) is 13.8. The van der Waals surface area contributed by atoms with E-state index in [2.05, 4.69) is 26.0 Å². The van der Waals surface area contributed by atoms with Gasteiger partial charge in [0.1, 0.15) is 0 Å². The number of alkyl carbamates (subject to hydrolysis) is 1. The fraction of sp³-hybridized carbons (Fsp3) is 0.364. The average molecular weight is 326 g/mol. The van der Waals surface area contributed by atoms with Crippen LogP contribution in [0.5, 0.6) is 0 Å². The monoisotopic (exact) mass is 325 g/mol. The van der Waals surface area contributed by atoms with Crippen LogP contribution in [0.25, 0.3) is 0 Å². The molecule has 18 heavy (non-hydrogen) atoms. The van der Waals surface area contributed by atoms with Gasteiger partial charge in [0.25, 0.3) is 0 Å². The minimum atomic E-state index is -4.52. The maximum Gasteiger partial charge on any atom is 0.422 e. The van der Waals surface area contributed by atoms with E-state index in [0.29, 0.717) is 0 Å². The highest BCUT2D eigenvalue weighted by molar-refractivity contribution is 9.10. The molecule has 0 saturated heterocycles. The van der Waals surface area contributed by atoms with Crippen molar-refractivity contribution in [3.63, 3.8) is 0 Å². The molecule has 3 nitrogen and oxygen atoms in total. The molecule has 0 unspecified atom stereocenters. The number of carbonyl (C=O) groups is 1. The van der Waals surface area contributed by atoms with E-state index in [1.165, 1.54) is 0 Å². The number of nitrogens with one attached hydrogen (secondary N) is 1. The molecule has 1 N–H and O–H groups in total. The molecule has 7 heteroatoms. The van der Waals surface area contributed by atoms with Crippen molar-refractivity contribution < 1.29 is 22.7 Å². The fourth-order valence-electron chi connectivity index (χ4n) is 1.23. The lowest BCUT2D eigenvalue weighted by molar-refractivity contribution is -0.160. The Balaban J connectivity index is 2.50. The highest BCUT2D eigenvalue weighted by atomic mass is 79.9. The predicted octanol–water partition coefficient (Wildman–Crippen LogP) is 3.80. The van der Waals surface area contributed by atoms with Crippen molar-refractivity contribution in [1.82, 2.24) is 5.32 Å². The van der Waals surface area contributed by atoms with Crippen molar-refractivity contribution in [2.75, 3.05) is 6.61 Å². The van der Waals surface area contributed by atoms with Crippen LogP contribution in [-0.2, 0) is 4.74 Å². The molecule has 0 radical (unpaired) electrons. The van der Waals surface area contributed by atoms with Gasteiger partial charge in [0, 0.05) is 4.47 Å². The number of halogens is 4. The van der Waals surface area contributed by atoms with Crippen LogP contribution in [0.15, 0.2) is 28.7 Å². The number of benzene rings is 1. The molecule has 0 aromatic heterocycles. The number of carbonyl (C=O) groups excluding carboxylic acids is 1. The van der Waals surface area contributed by atoms with E-state index in [4.69, 9.17) is 0 Å². The Morgan fingerprint density at radius 2 is 2.17 bits per heavy atom. The molecule has 1 atom stereocenters. The van der Waals surface area contributed by atoms with Gasteiger partial charge >= 0.3 is 12.3 Å². The lowest BCUT2D eigenvalue weighted by Gasteiger charge is -2.15. The number of ether oxygens (including phenoxy) is 1. The molecule has 1 aromatic rings. The fourth-order valence-corrected chi connectivity index (χ4v) is 1.64. The third-order valence-electron chi connectivity index (χ3n) is 2.05. The van der Waals surface area contributed by atoms with E-state index in [-0.39, 0.29) is 0 Å². The van der Waals surface area contributed by atoms with Gasteiger partial charge in [-0.15, -0.1) is 0 Å². The molecule has 100 valence electrons. The van der Waals surface area contributed by atoms with Gasteiger partial charge in [-0.3, -0.25) is 0 Å². The number of alkyl halides is 3. The van der Waals surface area contributed by atoms with Gasteiger partial charge in [-0.2, -0.15) is 13.2 Å². The maximum absolute atomic E-state index is 11.8. The Kier molecular flexibility index (Phi) is 5.01. The van der Waals surface area contributed by atoms with Crippen molar-refractivity contribution in [2.45, 2.75) is 19.1 Å². The van der Waals surface area contributed by atoms with E-state index in [9.17, 15) is 18.0 Å². The molecular formula is C11H11BrF3NO2. The van der Waals surface area contributed by atoms with Crippen LogP contribution in [-0.4, -0.2) is 18.9 Å². The summed E-state index contributed by atoms with van der Waals surface area (Å²) in [6.07, 6.45) is -5.61. The number of amides is 1. The van der Waals surface area contributed by atoms with Gasteiger partial charge < -0.3 is 10.1 Å². The molecule has 1 rings (SSSR count). The molecule has 0 heterocycles. The average Bonchev–Trinajstić information content (AvgIpc) is 2.25. The van der Waals surface area contributed by atoms with Gasteiger partial charge in [0.2, 0.25) is 0 Å². The summed E-state index contributed by atoms with van der Waals surface area (Å²) in [5, 5.41) is 2.31. The molecule has 0 saturated carbocycles. The Labute approximate surface area is 110 Å². The summed E-state index contributed by atoms with van der Waals surface area (Å²) in [7, 11) is 0. The minimum absolute atomic E-state index is 0.441. The predicted molar refractivity (Wildman–Crippen MR) is 63.1 cm³/mol. The van der Waals surface area contributed by atoms with Gasteiger partial charge in [-0.1, -0.05) is 28.1 Å². The summed E-state index contributed by atoms with van der Waals surface area (Å²) in [4.78, 5) is 11.1. The largest absolute Gasteiger partial charge is 0.440 e. The minimum Gasteiger partial charge on any atom is -0.440 e. The van der Waals surface area contributed by atoms with Crippen molar-refractivity contribution in [2.24, 2.45) is 0 Å². The second-order valence-electron chi connectivity index (χ2n) is 3.61. The molecule has 0 aliphatic heterocycles. The Hall–Kier alpha value is -1.24. The van der Waals surface area contributed by atoms with E-state index < -0.39 is 24.9 Å². The smallest absolute Gasteiger partial charge is 0.422 e. The number of rotatable bonds is 3. The van der Waals surface area contributed by atoms with Crippen LogP contribution in [0.3, 0.4) is 0 Å². The van der Waals surface area contributed by atoms with Crippen molar-refractivity contribution in [1.29, 1.82) is 0 Å². The first kappa shape index (κ1) is 14.8. The molecule has 0 aliphatic carbocycles. The zero-order valence-corrected chi connectivity index (χ0v) is 11.0. The third kappa shape index (κ3) is 5.39. The zero-order valence-electron chi connectivity index (χ0n) is 9.42. The first-order valence-electron chi connectivity index (χ1n) is 5.03. The van der Waals surface area contributed by atoms with E-state index in [0.717, 1.165) is 10.0 Å². The lowest BCUT2D eigenvalue weighted by Crippen LogP contribution is -2.30. The summed E-state index contributed by atoms with van der Waals surface area (Å²) in [6, 6.07) is 6.63. The summed E-state index contributed by atoms with van der Waals surface area (Å²) in [6.45, 7) is 0.0562. The van der Waals surface area contributed by atoms with E-state index in [1.807, 2.05) is 0 Å². The third-order valence-corrected chi connectivity index (χ3v) is 2.54. The van der Waals surface area contributed by atoms with Gasteiger partial charge in [-0.05, 0) is 24.6 Å². The van der Waals surface area contributed by atoms with Crippen LogP contribution in [0.2, 0.25) is 0 Å². The van der Waals surface area contributed by atoms with E-state index >= 15 is 0 Å². The SMILES string of the molecule is C[C@@H](NC(=O)OCC(F)(F)F)c1cccc(Br)c1. The summed E-state index contributed by atoms with van der Waals surface area (Å²) in [5.74, 6) is 0. The van der Waals surface area contributed by atoms with Crippen LogP contribution in [0.1, 0.15) is 18.5 Å². The Morgan fingerprint density at radius 3 is 2.72 bits per heavy atom. The van der Waals surface area contributed by atoms with E-state index in [1.54, 1.807) is 31.2 Å². The number of hydrogen-bond acceptors (Lipinski definition) is 2. The molecule has 0 bridgehead atoms. The summed E-state index contributed by atoms with van der Waals surface area (Å²) >= 11 is 3.26. The van der Waals surface area contributed by atoms with Crippen molar-refractivity contribution in [3.8, 4) is 0 Å². The van der Waals surface area contributed by atoms with Crippen LogP contribution >= 0.6 is 15.9 Å². The maximum atomic E-state index is 11.8. The Bertz CT molecular complexity index is 423. The topological polar surface area (TPSA) is 38.3 Å². The second kappa shape index (κ2) is 6.08. The highest BCUT2D eigenvalue weighted by Gasteiger charge is 2.29. The normalized spacial score (nSPS) is 12.9. The molecule has 1 amide bonds. The van der Waals surface area contributed by atoms with Gasteiger partial charge in [-0.25, -0.2) is 4.79 Å². The summed E-state index contributed by atoms with van der Waals surface area (Å²) in [5.41, 5.74) is 0.758. The van der Waals surface area contributed by atoms with Gasteiger partial charge in [0.05, 0.1) is 6.04 Å².